The molecule has 0 amide bonds. The average Bonchev–Trinajstić information content (AvgIpc) is 3.15. The number of ether oxygens (including phenoxy) is 4. The molecule has 0 spiro atoms. The predicted octanol–water partition coefficient (Wildman–Crippen LogP) is 7.48. The molecule has 7 atom stereocenters. The van der Waals surface area contributed by atoms with Crippen LogP contribution in [0, 0.1) is 39.9 Å². The van der Waals surface area contributed by atoms with Gasteiger partial charge < -0.3 is 34.3 Å². The summed E-state index contributed by atoms with van der Waals surface area (Å²) in [7, 11) is 1.56. The molecule has 2 heterocycles. The zero-order valence-corrected chi connectivity index (χ0v) is 34.9. The Morgan fingerprint density at radius 3 is 1.98 bits per heavy atom. The second-order valence-electron chi connectivity index (χ2n) is 18.5. The molecule has 0 aromatic heterocycles. The van der Waals surface area contributed by atoms with Crippen LogP contribution in [0.4, 0.5) is 0 Å². The van der Waals surface area contributed by atoms with Gasteiger partial charge in [-0.15, -0.1) is 0 Å². The van der Waals surface area contributed by atoms with Crippen molar-refractivity contribution >= 4 is 23.9 Å². The van der Waals surface area contributed by atoms with E-state index in [2.05, 4.69) is 17.9 Å². The molecular weight excluding hydrogens is 730 g/mol. The monoisotopic (exact) mass is 793 g/mol. The summed E-state index contributed by atoms with van der Waals surface area (Å²) in [5, 5.41) is 31.3. The number of aliphatic carboxylic acids is 3. The van der Waals surface area contributed by atoms with E-state index in [4.69, 9.17) is 18.9 Å². The third kappa shape index (κ3) is 9.94. The second kappa shape index (κ2) is 17.8. The first-order valence-electron chi connectivity index (χ1n) is 20.4. The van der Waals surface area contributed by atoms with Gasteiger partial charge >= 0.3 is 23.9 Å². The molecule has 314 valence electrons. The summed E-state index contributed by atoms with van der Waals surface area (Å²) in [6.45, 7) is 13.7. The molecule has 2 saturated heterocycles. The Labute approximate surface area is 337 Å². The van der Waals surface area contributed by atoms with Crippen molar-refractivity contribution in [1.29, 1.82) is 0 Å². The minimum Gasteiger partial charge on any atom is -0.493 e. The molecule has 3 aliphatic rings. The molecule has 2 aliphatic heterocycles. The number of esters is 1. The van der Waals surface area contributed by atoms with Crippen molar-refractivity contribution in [3.63, 3.8) is 0 Å². The van der Waals surface area contributed by atoms with Gasteiger partial charge in [0.1, 0.15) is 6.61 Å². The van der Waals surface area contributed by atoms with E-state index in [-0.39, 0.29) is 25.9 Å². The number of benzene rings is 2. The van der Waals surface area contributed by atoms with Crippen molar-refractivity contribution < 1.29 is 53.4 Å². The average molecular weight is 794 g/mol. The summed E-state index contributed by atoms with van der Waals surface area (Å²) in [5.41, 5.74) is -1.23. The highest BCUT2D eigenvalue weighted by Gasteiger charge is 2.55. The van der Waals surface area contributed by atoms with Crippen LogP contribution in [0.5, 0.6) is 11.5 Å². The molecule has 12 heteroatoms. The number of nitrogens with zero attached hydrogens (tertiary/aromatic N) is 1. The summed E-state index contributed by atoms with van der Waals surface area (Å²) in [6.07, 6.45) is 2.06. The number of carbonyl (C=O) groups is 4. The summed E-state index contributed by atoms with van der Waals surface area (Å²) in [6, 6.07) is 13.5. The Morgan fingerprint density at radius 2 is 1.40 bits per heavy atom. The quantitative estimate of drug-likeness (QED) is 0.135. The molecule has 2 fully saturated rings. The Kier molecular flexibility index (Phi) is 13.7. The second-order valence-corrected chi connectivity index (χ2v) is 18.5. The van der Waals surface area contributed by atoms with E-state index in [0.717, 1.165) is 61.9 Å². The van der Waals surface area contributed by atoms with Crippen LogP contribution in [-0.2, 0) is 48.1 Å². The number of piperidine rings is 1. The summed E-state index contributed by atoms with van der Waals surface area (Å²) < 4.78 is 25.6. The molecule has 2 aromatic carbocycles. The largest absolute Gasteiger partial charge is 0.493 e. The standard InChI is InChI=1S/C45H63NO11/c1-9-19-46-20-13-16-29-21-30-28(22-34(29)46)17-18-35(54-8)36(30)56-39-33(25-45(6,7)42(52)53)31(23-43(2,3)40(48)49)32(24-44(4,5)41(50)51)37(57-39)38(47)55-26-27-14-11-10-12-15-27/h10-12,14-15,17-18,29,31-34,37,39H,9,13,16,19-26H2,1-8H3,(H,48,49)(H,50,51)(H,52,53)/t29-,31+,32+,33-,34-,37+,39-/m1/s1. The van der Waals surface area contributed by atoms with Crippen LogP contribution >= 0.6 is 0 Å². The Balaban J connectivity index is 1.66. The lowest BCUT2D eigenvalue weighted by Gasteiger charge is -2.50. The normalized spacial score (nSPS) is 25.4. The zero-order chi connectivity index (χ0) is 41.9. The molecule has 0 radical (unpaired) electrons. The number of fused-ring (bicyclic) bond motifs is 2. The van der Waals surface area contributed by atoms with E-state index in [1.165, 1.54) is 0 Å². The van der Waals surface area contributed by atoms with Crippen molar-refractivity contribution in [2.75, 3.05) is 20.2 Å². The number of hydrogen-bond donors (Lipinski definition) is 3. The highest BCUT2D eigenvalue weighted by molar-refractivity contribution is 5.77. The van der Waals surface area contributed by atoms with Gasteiger partial charge in [0.2, 0.25) is 6.29 Å². The number of rotatable bonds is 17. The highest BCUT2D eigenvalue weighted by atomic mass is 16.7. The van der Waals surface area contributed by atoms with Crippen LogP contribution in [0.1, 0.15) is 104 Å². The molecule has 57 heavy (non-hydrogen) atoms. The lowest BCUT2D eigenvalue weighted by molar-refractivity contribution is -0.243. The zero-order valence-electron chi connectivity index (χ0n) is 34.9. The molecule has 3 N–H and O–H groups in total. The lowest BCUT2D eigenvalue weighted by Crippen LogP contribution is -2.56. The number of carboxylic acids is 3. The van der Waals surface area contributed by atoms with E-state index in [0.29, 0.717) is 23.5 Å². The minimum atomic E-state index is -1.37. The highest BCUT2D eigenvalue weighted by Crippen LogP contribution is 2.52. The number of methoxy groups -OCH3 is 1. The first-order valence-corrected chi connectivity index (χ1v) is 20.4. The van der Waals surface area contributed by atoms with Gasteiger partial charge in [0, 0.05) is 23.4 Å². The van der Waals surface area contributed by atoms with Gasteiger partial charge in [-0.1, -0.05) is 43.3 Å². The lowest BCUT2D eigenvalue weighted by atomic mass is 9.61. The van der Waals surface area contributed by atoms with Crippen molar-refractivity contribution in [1.82, 2.24) is 4.90 Å². The minimum absolute atomic E-state index is 0.0167. The van der Waals surface area contributed by atoms with E-state index in [9.17, 15) is 34.5 Å². The van der Waals surface area contributed by atoms with Gasteiger partial charge in [-0.2, -0.15) is 0 Å². The van der Waals surface area contributed by atoms with Gasteiger partial charge in [-0.05, 0) is 135 Å². The van der Waals surface area contributed by atoms with Crippen molar-refractivity contribution in [3.05, 3.63) is 59.2 Å². The van der Waals surface area contributed by atoms with Gasteiger partial charge in [0.25, 0.3) is 0 Å². The van der Waals surface area contributed by atoms with E-state index in [1.807, 2.05) is 36.4 Å². The van der Waals surface area contributed by atoms with Crippen molar-refractivity contribution in [3.8, 4) is 11.5 Å². The smallest absolute Gasteiger partial charge is 0.336 e. The molecular formula is C45H63NO11. The predicted molar refractivity (Wildman–Crippen MR) is 213 cm³/mol. The maximum absolute atomic E-state index is 14.4. The van der Waals surface area contributed by atoms with Crippen molar-refractivity contribution in [2.24, 2.45) is 39.9 Å². The molecule has 1 aliphatic carbocycles. The third-order valence-corrected chi connectivity index (χ3v) is 12.8. The first-order chi connectivity index (χ1) is 26.8. The molecule has 0 unspecified atom stereocenters. The Bertz CT molecular complexity index is 1750. The van der Waals surface area contributed by atoms with Gasteiger partial charge in [0.15, 0.2) is 17.6 Å². The molecule has 0 saturated carbocycles. The first kappa shape index (κ1) is 44.0. The topological polar surface area (TPSA) is 169 Å². The molecule has 12 nitrogen and oxygen atoms in total. The molecule has 5 rings (SSSR count). The van der Waals surface area contributed by atoms with Crippen LogP contribution in [0.2, 0.25) is 0 Å². The fourth-order valence-corrected chi connectivity index (χ4v) is 9.35. The fourth-order valence-electron chi connectivity index (χ4n) is 9.35. The van der Waals surface area contributed by atoms with E-state index in [1.54, 1.807) is 48.7 Å². The van der Waals surface area contributed by atoms with Crippen LogP contribution in [-0.4, -0.2) is 82.7 Å². The molecule has 0 bridgehead atoms. The molecule has 2 aromatic rings. The van der Waals surface area contributed by atoms with Crippen LogP contribution < -0.4 is 9.47 Å². The summed E-state index contributed by atoms with van der Waals surface area (Å²) in [4.78, 5) is 55.3. The Hall–Kier alpha value is -4.16. The maximum Gasteiger partial charge on any atom is 0.336 e. The van der Waals surface area contributed by atoms with E-state index >= 15 is 0 Å². The maximum atomic E-state index is 14.4. The summed E-state index contributed by atoms with van der Waals surface area (Å²) in [5.74, 6) is -5.12. The fraction of sp³-hybridized carbons (Fsp3) is 0.644. The van der Waals surface area contributed by atoms with Crippen LogP contribution in [0.3, 0.4) is 0 Å². The van der Waals surface area contributed by atoms with Crippen molar-refractivity contribution in [2.45, 2.75) is 125 Å². The number of carboxylic acid groups (broad SMARTS) is 3. The van der Waals surface area contributed by atoms with Crippen LogP contribution in [0.25, 0.3) is 0 Å². The SMILES string of the molecule is CCCN1CCC[C@@H]2Cc3c(ccc(OC)c3O[C@@H]3O[C@H](C(=O)OCc4ccccc4)[C@@H](CC(C)(C)C(=O)O)[C@H](CC(C)(C)C(=O)O)[C@H]3CC(C)(C)C(=O)O)C[C@H]21. The van der Waals surface area contributed by atoms with Gasteiger partial charge in [-0.3, -0.25) is 19.3 Å². The van der Waals surface area contributed by atoms with Gasteiger partial charge in [-0.25, -0.2) is 4.79 Å². The number of carbonyl (C=O) groups excluding carboxylic acids is 1. The summed E-state index contributed by atoms with van der Waals surface area (Å²) >= 11 is 0. The number of hydrogen-bond acceptors (Lipinski definition) is 9. The third-order valence-electron chi connectivity index (χ3n) is 12.8. The number of likely N-dealkylation sites (tertiary alicyclic amines) is 1. The van der Waals surface area contributed by atoms with Crippen LogP contribution in [0.15, 0.2) is 42.5 Å². The van der Waals surface area contributed by atoms with E-state index < -0.39 is 70.3 Å². The Morgan fingerprint density at radius 1 is 0.807 bits per heavy atom. The van der Waals surface area contributed by atoms with Gasteiger partial charge in [0.05, 0.1) is 23.4 Å².